The van der Waals surface area contributed by atoms with Gasteiger partial charge in [-0.3, -0.25) is 0 Å². The number of hydrogen-bond acceptors (Lipinski definition) is 1. The highest BCUT2D eigenvalue weighted by atomic mass is 19.2. The third-order valence-electron chi connectivity index (χ3n) is 4.06. The maximum absolute atomic E-state index is 14.4. The molecule has 3 aromatic carbocycles. The molecule has 0 bridgehead atoms. The molecule has 0 heterocycles. The summed E-state index contributed by atoms with van der Waals surface area (Å²) in [5.41, 5.74) is 2.58. The molecule has 0 aliphatic carbocycles. The summed E-state index contributed by atoms with van der Waals surface area (Å²) in [6, 6.07) is 19.0. The van der Waals surface area contributed by atoms with Crippen LogP contribution >= 0.6 is 0 Å². The molecule has 3 aromatic rings. The minimum Gasteiger partial charge on any atom is -0.206 e. The lowest BCUT2D eigenvalue weighted by molar-refractivity contribution is 0.621. The van der Waals surface area contributed by atoms with Crippen LogP contribution in [-0.4, -0.2) is 0 Å². The Balaban J connectivity index is 1.92. The van der Waals surface area contributed by atoms with Crippen LogP contribution in [0.1, 0.15) is 22.3 Å². The van der Waals surface area contributed by atoms with Gasteiger partial charge in [0.2, 0.25) is 0 Å². The minimum atomic E-state index is -1.17. The molecule has 0 radical (unpaired) electrons. The summed E-state index contributed by atoms with van der Waals surface area (Å²) >= 11 is 0. The Morgan fingerprint density at radius 1 is 0.769 bits per heavy atom. The van der Waals surface area contributed by atoms with Crippen LogP contribution in [0.4, 0.5) is 13.2 Å². The van der Waals surface area contributed by atoms with Crippen molar-refractivity contribution >= 4 is 11.7 Å². The lowest BCUT2D eigenvalue weighted by atomic mass is 10.0. The van der Waals surface area contributed by atoms with Gasteiger partial charge in [-0.1, -0.05) is 60.2 Å². The van der Waals surface area contributed by atoms with Gasteiger partial charge >= 0.3 is 0 Å². The number of aryl methyl sites for hydroxylation is 1. The molecule has 0 unspecified atom stereocenters. The van der Waals surface area contributed by atoms with Crippen LogP contribution in [0.5, 0.6) is 0 Å². The summed E-state index contributed by atoms with van der Waals surface area (Å²) < 4.78 is 42.4. The van der Waals surface area contributed by atoms with E-state index in [1.54, 1.807) is 18.2 Å². The van der Waals surface area contributed by atoms with Gasteiger partial charge in [0.25, 0.3) is 0 Å². The molecular formula is C22H14F3N. The molecule has 0 saturated heterocycles. The SMILES string of the molecule is Cc1ccc(-c2ccc(/C(F)=C(\F)c3ccc(C#N)c(F)c3)cc2)cc1. The molecule has 128 valence electrons. The highest BCUT2D eigenvalue weighted by Crippen LogP contribution is 2.31. The maximum atomic E-state index is 14.4. The van der Waals surface area contributed by atoms with Crippen molar-refractivity contribution in [1.82, 2.24) is 0 Å². The topological polar surface area (TPSA) is 23.8 Å². The van der Waals surface area contributed by atoms with Crippen LogP contribution in [0.3, 0.4) is 0 Å². The van der Waals surface area contributed by atoms with Gasteiger partial charge in [-0.2, -0.15) is 5.26 Å². The highest BCUT2D eigenvalue weighted by molar-refractivity contribution is 5.84. The van der Waals surface area contributed by atoms with Gasteiger partial charge in [-0.05, 0) is 30.2 Å². The average molecular weight is 349 g/mol. The van der Waals surface area contributed by atoms with E-state index in [-0.39, 0.29) is 16.7 Å². The minimum absolute atomic E-state index is 0.0585. The van der Waals surface area contributed by atoms with Crippen molar-refractivity contribution in [3.63, 3.8) is 0 Å². The van der Waals surface area contributed by atoms with Crippen molar-refractivity contribution in [2.75, 3.05) is 0 Å². The van der Waals surface area contributed by atoms with Gasteiger partial charge in [0, 0.05) is 11.1 Å². The number of rotatable bonds is 3. The standard InChI is InChI=1S/C22H14F3N/c1-14-2-4-15(5-3-14)16-6-8-17(9-7-16)21(24)22(25)18-10-11-19(13-26)20(23)12-18/h2-12H,1H3/b22-21+. The highest BCUT2D eigenvalue weighted by Gasteiger charge is 2.14. The first-order valence-electron chi connectivity index (χ1n) is 7.92. The second kappa shape index (κ2) is 7.28. The Kier molecular flexibility index (Phi) is 4.90. The zero-order chi connectivity index (χ0) is 18.7. The Hall–Kier alpha value is -3.32. The third-order valence-corrected chi connectivity index (χ3v) is 4.06. The Bertz CT molecular complexity index is 1010. The normalized spacial score (nSPS) is 11.7. The van der Waals surface area contributed by atoms with Crippen LogP contribution in [0.15, 0.2) is 66.7 Å². The summed E-state index contributed by atoms with van der Waals surface area (Å²) in [5, 5.41) is 8.70. The molecule has 1 nitrogen and oxygen atoms in total. The van der Waals surface area contributed by atoms with Crippen molar-refractivity contribution in [3.8, 4) is 17.2 Å². The number of halogens is 3. The maximum Gasteiger partial charge on any atom is 0.166 e. The summed E-state index contributed by atoms with van der Waals surface area (Å²) in [7, 11) is 0. The van der Waals surface area contributed by atoms with E-state index >= 15 is 0 Å². The fraction of sp³-hybridized carbons (Fsp3) is 0.0455. The quantitative estimate of drug-likeness (QED) is 0.499. The Morgan fingerprint density at radius 3 is 1.81 bits per heavy atom. The molecular weight excluding hydrogens is 335 g/mol. The van der Waals surface area contributed by atoms with E-state index in [0.717, 1.165) is 28.8 Å². The first-order valence-corrected chi connectivity index (χ1v) is 7.92. The second-order valence-electron chi connectivity index (χ2n) is 5.88. The number of benzene rings is 3. The fourth-order valence-electron chi connectivity index (χ4n) is 2.55. The van der Waals surface area contributed by atoms with E-state index in [9.17, 15) is 13.2 Å². The van der Waals surface area contributed by atoms with Crippen molar-refractivity contribution in [2.45, 2.75) is 6.92 Å². The summed E-state index contributed by atoms with van der Waals surface area (Å²) in [6.07, 6.45) is 0. The summed E-state index contributed by atoms with van der Waals surface area (Å²) in [6.45, 7) is 1.99. The Morgan fingerprint density at radius 2 is 1.27 bits per heavy atom. The van der Waals surface area contributed by atoms with E-state index in [1.807, 2.05) is 31.2 Å². The second-order valence-corrected chi connectivity index (χ2v) is 5.88. The molecule has 0 N–H and O–H groups in total. The number of nitrogens with zero attached hydrogens (tertiary/aromatic N) is 1. The molecule has 4 heteroatoms. The third kappa shape index (κ3) is 3.52. The number of nitriles is 1. The van der Waals surface area contributed by atoms with Crippen LogP contribution < -0.4 is 0 Å². The molecule has 0 fully saturated rings. The van der Waals surface area contributed by atoms with Crippen LogP contribution in [0.2, 0.25) is 0 Å². The van der Waals surface area contributed by atoms with Gasteiger partial charge in [-0.25, -0.2) is 13.2 Å². The lowest BCUT2D eigenvalue weighted by Crippen LogP contribution is -1.89. The lowest BCUT2D eigenvalue weighted by Gasteiger charge is -2.06. The molecule has 0 amide bonds. The average Bonchev–Trinajstić information content (AvgIpc) is 2.67. The van der Waals surface area contributed by atoms with Crippen LogP contribution in [-0.2, 0) is 0 Å². The van der Waals surface area contributed by atoms with Gasteiger partial charge < -0.3 is 0 Å². The Labute approximate surface area is 149 Å². The summed E-state index contributed by atoms with van der Waals surface area (Å²) in [5.74, 6) is -3.14. The molecule has 0 saturated carbocycles. The van der Waals surface area contributed by atoms with Gasteiger partial charge in [0.1, 0.15) is 11.9 Å². The largest absolute Gasteiger partial charge is 0.206 e. The molecule has 0 aliphatic rings. The monoisotopic (exact) mass is 349 g/mol. The van der Waals surface area contributed by atoms with Gasteiger partial charge in [0.15, 0.2) is 11.7 Å². The van der Waals surface area contributed by atoms with E-state index < -0.39 is 17.5 Å². The predicted molar refractivity (Wildman–Crippen MR) is 96.8 cm³/mol. The van der Waals surface area contributed by atoms with Crippen LogP contribution in [0, 0.1) is 24.1 Å². The first-order chi connectivity index (χ1) is 12.5. The molecule has 0 aromatic heterocycles. The smallest absolute Gasteiger partial charge is 0.166 e. The zero-order valence-electron chi connectivity index (χ0n) is 13.9. The molecule has 26 heavy (non-hydrogen) atoms. The van der Waals surface area contributed by atoms with Crippen molar-refractivity contribution in [3.05, 3.63) is 94.8 Å². The van der Waals surface area contributed by atoms with Gasteiger partial charge in [-0.15, -0.1) is 0 Å². The zero-order valence-corrected chi connectivity index (χ0v) is 13.9. The molecule has 0 aliphatic heterocycles. The van der Waals surface area contributed by atoms with Crippen molar-refractivity contribution in [1.29, 1.82) is 5.26 Å². The van der Waals surface area contributed by atoms with Gasteiger partial charge in [0.05, 0.1) is 5.56 Å². The molecule has 3 rings (SSSR count). The fourth-order valence-corrected chi connectivity index (χ4v) is 2.55. The molecule has 0 atom stereocenters. The molecule has 0 spiro atoms. The van der Waals surface area contributed by atoms with E-state index in [1.165, 1.54) is 18.2 Å². The van der Waals surface area contributed by atoms with E-state index in [0.29, 0.717) is 0 Å². The predicted octanol–water partition coefficient (Wildman–Crippen LogP) is 6.44. The first kappa shape index (κ1) is 17.5. The van der Waals surface area contributed by atoms with Crippen LogP contribution in [0.25, 0.3) is 22.8 Å². The van der Waals surface area contributed by atoms with Crippen molar-refractivity contribution < 1.29 is 13.2 Å². The van der Waals surface area contributed by atoms with Crippen molar-refractivity contribution in [2.24, 2.45) is 0 Å². The van der Waals surface area contributed by atoms with E-state index in [2.05, 4.69) is 0 Å². The van der Waals surface area contributed by atoms with E-state index in [4.69, 9.17) is 5.26 Å². The summed E-state index contributed by atoms with van der Waals surface area (Å²) in [4.78, 5) is 0. The number of hydrogen-bond donors (Lipinski definition) is 0.